The monoisotopic (exact) mass is 393 g/mol. The molecule has 1 aliphatic heterocycles. The van der Waals surface area contributed by atoms with Crippen LogP contribution in [0.2, 0.25) is 0 Å². The molecule has 26 heavy (non-hydrogen) atoms. The van der Waals surface area contributed by atoms with Crippen LogP contribution >= 0.6 is 0 Å². The molecule has 0 spiro atoms. The van der Waals surface area contributed by atoms with Gasteiger partial charge in [-0.1, -0.05) is 6.07 Å². The lowest BCUT2D eigenvalue weighted by Crippen LogP contribution is -2.49. The molecule has 0 aliphatic carbocycles. The predicted octanol–water partition coefficient (Wildman–Crippen LogP) is 2.24. The third kappa shape index (κ3) is 4.36. The van der Waals surface area contributed by atoms with Crippen molar-refractivity contribution in [1.29, 1.82) is 0 Å². The summed E-state index contributed by atoms with van der Waals surface area (Å²) in [6, 6.07) is 4.04. The van der Waals surface area contributed by atoms with Gasteiger partial charge in [0.05, 0.1) is 17.4 Å². The second kappa shape index (κ2) is 6.82. The summed E-state index contributed by atoms with van der Waals surface area (Å²) in [7, 11) is -3.93. The Balaban J connectivity index is 2.13. The van der Waals surface area contributed by atoms with E-state index < -0.39 is 33.6 Å². The van der Waals surface area contributed by atoms with E-state index in [4.69, 9.17) is 5.14 Å². The smallest absolute Gasteiger partial charge is 0.325 e. The minimum atomic E-state index is -4.32. The average Bonchev–Trinajstić information content (AvgIpc) is 2.75. The summed E-state index contributed by atoms with van der Waals surface area (Å²) < 4.78 is 62.2. The van der Waals surface area contributed by atoms with Gasteiger partial charge in [0.15, 0.2) is 0 Å². The Morgan fingerprint density at radius 2 is 2.00 bits per heavy atom. The van der Waals surface area contributed by atoms with Gasteiger partial charge in [-0.3, -0.25) is 9.69 Å². The van der Waals surface area contributed by atoms with Crippen LogP contribution in [0.25, 0.3) is 0 Å². The third-order valence-corrected chi connectivity index (χ3v) is 5.81. The molecule has 0 radical (unpaired) electrons. The third-order valence-electron chi connectivity index (χ3n) is 4.90. The molecular formula is C16H22F3N3O3S. The number of benzene rings is 1. The van der Waals surface area contributed by atoms with Crippen LogP contribution in [0.1, 0.15) is 25.8 Å². The van der Waals surface area contributed by atoms with Gasteiger partial charge in [0.25, 0.3) is 0 Å². The largest absolute Gasteiger partial charge is 0.393 e. The van der Waals surface area contributed by atoms with Gasteiger partial charge >= 0.3 is 6.18 Å². The number of nitrogens with zero attached hydrogens (tertiary/aromatic N) is 1. The number of amides is 1. The molecule has 0 bridgehead atoms. The molecule has 2 rings (SSSR count). The van der Waals surface area contributed by atoms with Crippen LogP contribution in [0.3, 0.4) is 0 Å². The second-order valence-corrected chi connectivity index (χ2v) is 8.59. The summed E-state index contributed by atoms with van der Waals surface area (Å²) in [6.07, 6.45) is -4.39. The molecule has 3 N–H and O–H groups in total. The van der Waals surface area contributed by atoms with Crippen molar-refractivity contribution in [2.24, 2.45) is 11.1 Å². The Morgan fingerprint density at radius 3 is 2.50 bits per heavy atom. The van der Waals surface area contributed by atoms with Crippen LogP contribution in [0.4, 0.5) is 18.9 Å². The first-order chi connectivity index (χ1) is 11.7. The summed E-state index contributed by atoms with van der Waals surface area (Å²) in [5, 5.41) is 7.63. The lowest BCUT2D eigenvalue weighted by atomic mass is 9.88. The molecule has 146 valence electrons. The first kappa shape index (κ1) is 20.7. The van der Waals surface area contributed by atoms with E-state index in [0.717, 1.165) is 0 Å². The van der Waals surface area contributed by atoms with Gasteiger partial charge in [0.1, 0.15) is 0 Å². The maximum absolute atomic E-state index is 13.1. The maximum Gasteiger partial charge on any atom is 0.393 e. The molecule has 0 saturated carbocycles. The first-order valence-corrected chi connectivity index (χ1v) is 9.52. The summed E-state index contributed by atoms with van der Waals surface area (Å²) in [5.41, 5.74) is -0.335. The van der Waals surface area contributed by atoms with Crippen molar-refractivity contribution in [3.8, 4) is 0 Å². The van der Waals surface area contributed by atoms with E-state index in [1.807, 2.05) is 0 Å². The van der Waals surface area contributed by atoms with Gasteiger partial charge in [0.2, 0.25) is 15.9 Å². The normalized spacial score (nSPS) is 21.0. The fourth-order valence-electron chi connectivity index (χ4n) is 3.27. The Hall–Kier alpha value is -1.65. The highest BCUT2D eigenvalue weighted by Crippen LogP contribution is 2.44. The van der Waals surface area contributed by atoms with Crippen molar-refractivity contribution in [1.82, 2.24) is 4.90 Å². The lowest BCUT2D eigenvalue weighted by Gasteiger charge is -2.36. The number of primary sulfonamides is 1. The van der Waals surface area contributed by atoms with Crippen molar-refractivity contribution in [3.63, 3.8) is 0 Å². The second-order valence-electron chi connectivity index (χ2n) is 7.03. The molecule has 1 aromatic rings. The highest BCUT2D eigenvalue weighted by molar-refractivity contribution is 7.89. The zero-order valence-corrected chi connectivity index (χ0v) is 15.5. The summed E-state index contributed by atoms with van der Waals surface area (Å²) in [6.45, 7) is 4.54. The number of hydrogen-bond donors (Lipinski definition) is 2. The van der Waals surface area contributed by atoms with Crippen molar-refractivity contribution >= 4 is 21.6 Å². The Morgan fingerprint density at radius 1 is 1.38 bits per heavy atom. The van der Waals surface area contributed by atoms with E-state index in [2.05, 4.69) is 5.32 Å². The SMILES string of the molecule is Cc1ccc(S(N)(=O)=O)cc1NC(=O)CN1CC[C@@H](C(F)(F)F)C1(C)C. The summed E-state index contributed by atoms with van der Waals surface area (Å²) in [4.78, 5) is 13.6. The number of sulfonamides is 1. The van der Waals surface area contributed by atoms with Gasteiger partial charge in [-0.25, -0.2) is 13.6 Å². The topological polar surface area (TPSA) is 92.5 Å². The Bertz CT molecular complexity index is 807. The van der Waals surface area contributed by atoms with E-state index in [0.29, 0.717) is 5.56 Å². The van der Waals surface area contributed by atoms with Crippen LogP contribution in [-0.2, 0) is 14.8 Å². The Kier molecular flexibility index (Phi) is 5.42. The highest BCUT2D eigenvalue weighted by atomic mass is 32.2. The van der Waals surface area contributed by atoms with E-state index in [-0.39, 0.29) is 30.1 Å². The van der Waals surface area contributed by atoms with E-state index in [9.17, 15) is 26.4 Å². The van der Waals surface area contributed by atoms with Gasteiger partial charge in [-0.2, -0.15) is 13.2 Å². The van der Waals surface area contributed by atoms with E-state index in [1.54, 1.807) is 6.92 Å². The zero-order valence-electron chi connectivity index (χ0n) is 14.7. The number of rotatable bonds is 4. The maximum atomic E-state index is 13.1. The number of hydrogen-bond acceptors (Lipinski definition) is 4. The van der Waals surface area contributed by atoms with Crippen LogP contribution in [0.5, 0.6) is 0 Å². The minimum Gasteiger partial charge on any atom is -0.325 e. The van der Waals surface area contributed by atoms with Crippen molar-refractivity contribution in [2.75, 3.05) is 18.4 Å². The Labute approximate surface area is 150 Å². The van der Waals surface area contributed by atoms with Crippen LogP contribution in [0, 0.1) is 12.8 Å². The number of alkyl halides is 3. The van der Waals surface area contributed by atoms with Gasteiger partial charge < -0.3 is 5.32 Å². The molecular weight excluding hydrogens is 371 g/mol. The number of nitrogens with one attached hydrogen (secondary N) is 1. The molecule has 6 nitrogen and oxygen atoms in total. The molecule has 1 aromatic carbocycles. The number of aryl methyl sites for hydroxylation is 1. The molecule has 10 heteroatoms. The molecule has 1 atom stereocenters. The van der Waals surface area contributed by atoms with Gasteiger partial charge in [0, 0.05) is 11.2 Å². The van der Waals surface area contributed by atoms with Crippen LogP contribution in [0.15, 0.2) is 23.1 Å². The first-order valence-electron chi connectivity index (χ1n) is 7.98. The zero-order chi connectivity index (χ0) is 19.9. The number of carbonyl (C=O) groups excluding carboxylic acids is 1. The molecule has 0 aromatic heterocycles. The van der Waals surface area contributed by atoms with Crippen molar-refractivity contribution in [3.05, 3.63) is 23.8 Å². The van der Waals surface area contributed by atoms with Crippen molar-refractivity contribution in [2.45, 2.75) is 43.8 Å². The fourth-order valence-corrected chi connectivity index (χ4v) is 3.81. The minimum absolute atomic E-state index is 0.0658. The molecule has 1 heterocycles. The number of carbonyl (C=O) groups is 1. The van der Waals surface area contributed by atoms with Gasteiger partial charge in [-0.15, -0.1) is 0 Å². The molecule has 0 unspecified atom stereocenters. The predicted molar refractivity (Wildman–Crippen MR) is 91.0 cm³/mol. The molecule has 1 saturated heterocycles. The standard InChI is InChI=1S/C16H22F3N3O3S/c1-10-4-5-11(26(20,24)25)8-12(10)21-14(23)9-22-7-6-13(15(22,2)3)16(17,18)19/h4-5,8,13H,6-7,9H2,1-3H3,(H,21,23)(H2,20,24,25)/t13-/m1/s1. The molecule has 1 amide bonds. The highest BCUT2D eigenvalue weighted by Gasteiger charge is 2.54. The van der Waals surface area contributed by atoms with E-state index >= 15 is 0 Å². The van der Waals surface area contributed by atoms with Crippen LogP contribution < -0.4 is 10.5 Å². The average molecular weight is 393 g/mol. The number of nitrogens with two attached hydrogens (primary N) is 1. The number of likely N-dealkylation sites (tertiary alicyclic amines) is 1. The summed E-state index contributed by atoms with van der Waals surface area (Å²) >= 11 is 0. The van der Waals surface area contributed by atoms with Crippen molar-refractivity contribution < 1.29 is 26.4 Å². The van der Waals surface area contributed by atoms with E-state index in [1.165, 1.54) is 36.9 Å². The molecule has 1 fully saturated rings. The summed E-state index contributed by atoms with van der Waals surface area (Å²) in [5.74, 6) is -2.02. The lowest BCUT2D eigenvalue weighted by molar-refractivity contribution is -0.191. The number of anilines is 1. The number of halogens is 3. The van der Waals surface area contributed by atoms with Crippen LogP contribution in [-0.4, -0.2) is 44.0 Å². The fraction of sp³-hybridized carbons (Fsp3) is 0.562. The quantitative estimate of drug-likeness (QED) is 0.821. The van der Waals surface area contributed by atoms with Gasteiger partial charge in [-0.05, 0) is 51.4 Å². The molecule has 1 aliphatic rings.